The van der Waals surface area contributed by atoms with E-state index in [2.05, 4.69) is 68.3 Å². The van der Waals surface area contributed by atoms with Crippen LogP contribution in [0.4, 0.5) is 5.69 Å². The van der Waals surface area contributed by atoms with E-state index in [0.29, 0.717) is 5.92 Å². The summed E-state index contributed by atoms with van der Waals surface area (Å²) in [7, 11) is 2.24. The van der Waals surface area contributed by atoms with Crippen LogP contribution in [0, 0.1) is 5.92 Å². The summed E-state index contributed by atoms with van der Waals surface area (Å²) in [6, 6.07) is 9.31. The van der Waals surface area contributed by atoms with Gasteiger partial charge in [-0.25, -0.2) is 0 Å². The maximum atomic E-state index is 4.51. The number of aromatic nitrogens is 1. The molecule has 2 aromatic rings. The molecule has 4 heterocycles. The third kappa shape index (κ3) is 4.63. The Hall–Kier alpha value is -1.98. The lowest BCUT2D eigenvalue weighted by Gasteiger charge is -2.42. The fraction of sp³-hybridized carbons (Fsp3) is 0.615. The SMILES string of the molecule is C=C(C1CCCN(C)C1)N1CCN(c2ccc3ccn(CCN4CCCC4)c3c2)CC1. The van der Waals surface area contributed by atoms with Gasteiger partial charge in [-0.2, -0.15) is 0 Å². The standard InChI is InChI=1S/C26H39N5/c1-22(24-6-5-10-27(2)21-24)29-16-18-30(19-17-29)25-8-7-23-9-13-31(26(23)20-25)15-14-28-11-3-4-12-28/h7-9,13,20,24H,1,3-6,10-12,14-19,21H2,2H3. The Morgan fingerprint density at radius 1 is 0.935 bits per heavy atom. The van der Waals surface area contributed by atoms with Crippen LogP contribution in [0.2, 0.25) is 0 Å². The van der Waals surface area contributed by atoms with Gasteiger partial charge in [0.1, 0.15) is 0 Å². The highest BCUT2D eigenvalue weighted by Gasteiger charge is 2.26. The Balaban J connectivity index is 1.21. The van der Waals surface area contributed by atoms with Gasteiger partial charge < -0.3 is 24.2 Å². The van der Waals surface area contributed by atoms with E-state index in [4.69, 9.17) is 0 Å². The Morgan fingerprint density at radius 3 is 2.52 bits per heavy atom. The molecule has 1 atom stereocenters. The van der Waals surface area contributed by atoms with E-state index < -0.39 is 0 Å². The molecule has 31 heavy (non-hydrogen) atoms. The Labute approximate surface area is 187 Å². The lowest BCUT2D eigenvalue weighted by Crippen LogP contribution is -2.48. The van der Waals surface area contributed by atoms with Gasteiger partial charge in [0.05, 0.1) is 5.52 Å². The molecule has 1 aromatic heterocycles. The minimum absolute atomic E-state index is 0.639. The molecular weight excluding hydrogens is 382 g/mol. The van der Waals surface area contributed by atoms with Crippen molar-refractivity contribution in [2.24, 2.45) is 5.92 Å². The summed E-state index contributed by atoms with van der Waals surface area (Å²) in [5.41, 5.74) is 4.13. The third-order valence-electron chi connectivity index (χ3n) is 7.76. The second-order valence-electron chi connectivity index (χ2n) is 9.87. The number of nitrogens with zero attached hydrogens (tertiary/aromatic N) is 5. The first-order valence-electron chi connectivity index (χ1n) is 12.4. The van der Waals surface area contributed by atoms with Gasteiger partial charge in [0.25, 0.3) is 0 Å². The molecule has 0 amide bonds. The monoisotopic (exact) mass is 421 g/mol. The number of benzene rings is 1. The van der Waals surface area contributed by atoms with Crippen molar-refractivity contribution < 1.29 is 0 Å². The van der Waals surface area contributed by atoms with Gasteiger partial charge in [-0.1, -0.05) is 12.6 Å². The van der Waals surface area contributed by atoms with Gasteiger partial charge in [0, 0.05) is 69.3 Å². The lowest BCUT2D eigenvalue weighted by atomic mass is 9.94. The number of rotatable bonds is 6. The van der Waals surface area contributed by atoms with Crippen LogP contribution in [0.5, 0.6) is 0 Å². The number of anilines is 1. The van der Waals surface area contributed by atoms with E-state index >= 15 is 0 Å². The van der Waals surface area contributed by atoms with Crippen LogP contribution in [-0.2, 0) is 6.54 Å². The molecule has 168 valence electrons. The molecule has 0 spiro atoms. The molecule has 5 nitrogen and oxygen atoms in total. The predicted molar refractivity (Wildman–Crippen MR) is 131 cm³/mol. The molecule has 0 aliphatic carbocycles. The fourth-order valence-corrected chi connectivity index (χ4v) is 5.77. The summed E-state index contributed by atoms with van der Waals surface area (Å²) in [5.74, 6) is 0.639. The van der Waals surface area contributed by atoms with Crippen LogP contribution in [0.25, 0.3) is 10.9 Å². The van der Waals surface area contributed by atoms with E-state index in [1.807, 2.05) is 0 Å². The van der Waals surface area contributed by atoms with E-state index in [1.54, 1.807) is 0 Å². The molecule has 3 fully saturated rings. The van der Waals surface area contributed by atoms with Crippen molar-refractivity contribution in [3.63, 3.8) is 0 Å². The van der Waals surface area contributed by atoms with Crippen LogP contribution in [0.3, 0.4) is 0 Å². The van der Waals surface area contributed by atoms with E-state index in [1.165, 1.54) is 80.7 Å². The second kappa shape index (κ2) is 9.25. The van der Waals surface area contributed by atoms with Gasteiger partial charge in [-0.05, 0) is 76.0 Å². The van der Waals surface area contributed by atoms with Crippen LogP contribution < -0.4 is 4.90 Å². The zero-order valence-corrected chi connectivity index (χ0v) is 19.3. The van der Waals surface area contributed by atoms with Crippen LogP contribution >= 0.6 is 0 Å². The highest BCUT2D eigenvalue weighted by Crippen LogP contribution is 2.28. The van der Waals surface area contributed by atoms with Crippen molar-refractivity contribution in [2.45, 2.75) is 32.2 Å². The first-order valence-corrected chi connectivity index (χ1v) is 12.4. The Morgan fingerprint density at radius 2 is 1.74 bits per heavy atom. The molecule has 0 N–H and O–H groups in total. The highest BCUT2D eigenvalue weighted by molar-refractivity contribution is 5.84. The van der Waals surface area contributed by atoms with Crippen molar-refractivity contribution in [3.05, 3.63) is 42.7 Å². The summed E-state index contributed by atoms with van der Waals surface area (Å²) in [6.45, 7) is 16.1. The van der Waals surface area contributed by atoms with Crippen LogP contribution in [-0.4, -0.2) is 85.2 Å². The normalized spacial score (nSPS) is 23.7. The number of hydrogen-bond donors (Lipinski definition) is 0. The molecule has 5 rings (SSSR count). The molecule has 3 aliphatic rings. The minimum atomic E-state index is 0.639. The van der Waals surface area contributed by atoms with Crippen LogP contribution in [0.15, 0.2) is 42.7 Å². The molecule has 0 radical (unpaired) electrons. The topological polar surface area (TPSA) is 17.9 Å². The molecule has 3 saturated heterocycles. The van der Waals surface area contributed by atoms with E-state index in [-0.39, 0.29) is 0 Å². The average molecular weight is 422 g/mol. The first kappa shape index (κ1) is 20.9. The number of piperidine rings is 1. The zero-order chi connectivity index (χ0) is 21.2. The summed E-state index contributed by atoms with van der Waals surface area (Å²) >= 11 is 0. The quantitative estimate of drug-likeness (QED) is 0.707. The van der Waals surface area contributed by atoms with Crippen molar-refractivity contribution >= 4 is 16.6 Å². The molecule has 0 saturated carbocycles. The number of hydrogen-bond acceptors (Lipinski definition) is 4. The smallest absolute Gasteiger partial charge is 0.0501 e. The van der Waals surface area contributed by atoms with E-state index in [0.717, 1.165) is 32.7 Å². The second-order valence-corrected chi connectivity index (χ2v) is 9.87. The number of fused-ring (bicyclic) bond motifs is 1. The van der Waals surface area contributed by atoms with Gasteiger partial charge >= 0.3 is 0 Å². The molecule has 3 aliphatic heterocycles. The van der Waals surface area contributed by atoms with Crippen LogP contribution in [0.1, 0.15) is 25.7 Å². The first-order chi connectivity index (χ1) is 15.2. The predicted octanol–water partition coefficient (Wildman–Crippen LogP) is 3.71. The fourth-order valence-electron chi connectivity index (χ4n) is 5.77. The molecule has 1 unspecified atom stereocenters. The molecular formula is C26H39N5. The summed E-state index contributed by atoms with van der Waals surface area (Å²) < 4.78 is 2.45. The average Bonchev–Trinajstić information content (AvgIpc) is 3.47. The minimum Gasteiger partial charge on any atom is -0.371 e. The maximum Gasteiger partial charge on any atom is 0.0501 e. The van der Waals surface area contributed by atoms with Gasteiger partial charge in [-0.3, -0.25) is 0 Å². The summed E-state index contributed by atoms with van der Waals surface area (Å²) in [5, 5.41) is 1.36. The van der Waals surface area contributed by atoms with Gasteiger partial charge in [-0.15, -0.1) is 0 Å². The number of piperazine rings is 1. The van der Waals surface area contributed by atoms with Crippen molar-refractivity contribution in [3.8, 4) is 0 Å². The van der Waals surface area contributed by atoms with Crippen molar-refractivity contribution in [2.75, 3.05) is 70.9 Å². The number of likely N-dealkylation sites (tertiary alicyclic amines) is 2. The zero-order valence-electron chi connectivity index (χ0n) is 19.3. The summed E-state index contributed by atoms with van der Waals surface area (Å²) in [6.07, 6.45) is 7.61. The van der Waals surface area contributed by atoms with Crippen molar-refractivity contribution in [1.29, 1.82) is 0 Å². The van der Waals surface area contributed by atoms with Gasteiger partial charge in [0.15, 0.2) is 0 Å². The van der Waals surface area contributed by atoms with Gasteiger partial charge in [0.2, 0.25) is 0 Å². The highest BCUT2D eigenvalue weighted by atomic mass is 15.3. The lowest BCUT2D eigenvalue weighted by molar-refractivity contribution is 0.191. The molecule has 5 heteroatoms. The van der Waals surface area contributed by atoms with E-state index in [9.17, 15) is 0 Å². The summed E-state index contributed by atoms with van der Waals surface area (Å²) in [4.78, 5) is 10.2. The molecule has 1 aromatic carbocycles. The Bertz CT molecular complexity index is 888. The Kier molecular flexibility index (Phi) is 6.24. The molecule has 0 bridgehead atoms. The largest absolute Gasteiger partial charge is 0.371 e. The van der Waals surface area contributed by atoms with Crippen molar-refractivity contribution in [1.82, 2.24) is 19.3 Å². The third-order valence-corrected chi connectivity index (χ3v) is 7.76. The maximum absolute atomic E-state index is 4.51.